The van der Waals surface area contributed by atoms with Gasteiger partial charge >= 0.3 is 0 Å². The van der Waals surface area contributed by atoms with E-state index in [1.54, 1.807) is 12.1 Å². The molecule has 5 rings (SSSR count). The van der Waals surface area contributed by atoms with E-state index in [0.29, 0.717) is 21.8 Å². The number of amides is 1. The Balaban J connectivity index is 1.52. The fraction of sp³-hybridized carbons (Fsp3) is 0.333. The third-order valence-electron chi connectivity index (χ3n) is 6.38. The predicted octanol–water partition coefficient (Wildman–Crippen LogP) is 3.14. The smallest absolute Gasteiger partial charge is 0.258 e. The van der Waals surface area contributed by atoms with E-state index in [1.165, 1.54) is 22.7 Å². The first-order valence-electron chi connectivity index (χ1n) is 12.2. The Morgan fingerprint density at radius 1 is 1.05 bits per heavy atom. The lowest BCUT2D eigenvalue weighted by molar-refractivity contribution is -0.0511. The number of hydrogen-bond acceptors (Lipinski definition) is 9. The molecule has 0 aliphatic carbocycles. The summed E-state index contributed by atoms with van der Waals surface area (Å²) in [5, 5.41) is 33.6. The fourth-order valence-corrected chi connectivity index (χ4v) is 5.10. The quantitative estimate of drug-likeness (QED) is 0.274. The Morgan fingerprint density at radius 2 is 1.76 bits per heavy atom. The number of fused-ring (bicyclic) bond motifs is 1. The number of benzene rings is 2. The molecule has 1 amide bonds. The van der Waals surface area contributed by atoms with Crippen molar-refractivity contribution >= 4 is 34.8 Å². The van der Waals surface area contributed by atoms with Crippen molar-refractivity contribution in [3.05, 3.63) is 72.1 Å². The van der Waals surface area contributed by atoms with Gasteiger partial charge in [-0.3, -0.25) is 14.7 Å². The van der Waals surface area contributed by atoms with Gasteiger partial charge in [0, 0.05) is 10.5 Å². The molecule has 4 N–H and O–H groups in total. The molecule has 2 aromatic heterocycles. The highest BCUT2D eigenvalue weighted by molar-refractivity contribution is 7.99. The molecule has 1 fully saturated rings. The summed E-state index contributed by atoms with van der Waals surface area (Å²) in [6.07, 6.45) is -3.15. The van der Waals surface area contributed by atoms with Gasteiger partial charge in [-0.25, -0.2) is 9.97 Å². The molecule has 0 saturated carbocycles. The highest BCUT2D eigenvalue weighted by Crippen LogP contribution is 2.35. The average Bonchev–Trinajstić information content (AvgIpc) is 3.44. The second-order valence-corrected chi connectivity index (χ2v) is 11.2. The molecule has 1 aliphatic rings. The van der Waals surface area contributed by atoms with Crippen LogP contribution in [0, 0.1) is 0 Å². The number of aliphatic hydroxyl groups is 3. The van der Waals surface area contributed by atoms with Gasteiger partial charge in [-0.2, -0.15) is 4.98 Å². The number of anilines is 1. The number of nitrogens with one attached hydrogen (secondary N) is 1. The zero-order chi connectivity index (χ0) is 27.0. The second-order valence-electron chi connectivity index (χ2n) is 10.1. The van der Waals surface area contributed by atoms with Gasteiger partial charge in [0.05, 0.1) is 12.9 Å². The molecule has 0 spiro atoms. The summed E-state index contributed by atoms with van der Waals surface area (Å²) < 4.78 is 7.17. The summed E-state index contributed by atoms with van der Waals surface area (Å²) in [5.74, 6) is -0.325. The standard InChI is InChI=1S/C27H29N5O5S/c1-27(2,3)16-11-9-15(10-12-16)23(36)30-26-29-22-19(24(31-26)38-17-7-5-4-6-8-17)28-14-32(22)25-21(35)20(34)18(13-33)37-25/h4-12,14,18,20-21,25,33-35H,13H2,1-3H3,(H,29,30,31,36)/t18-,20-,21-,25-/m1/s1. The second kappa shape index (κ2) is 10.4. The van der Waals surface area contributed by atoms with E-state index < -0.39 is 31.1 Å². The van der Waals surface area contributed by atoms with E-state index in [2.05, 4.69) is 41.0 Å². The van der Waals surface area contributed by atoms with Crippen LogP contribution in [-0.2, 0) is 10.2 Å². The Bertz CT molecular complexity index is 1440. The number of carbonyl (C=O) groups excluding carboxylic acids is 1. The molecular weight excluding hydrogens is 506 g/mol. The highest BCUT2D eigenvalue weighted by Gasteiger charge is 2.44. The number of aromatic nitrogens is 4. The maximum Gasteiger partial charge on any atom is 0.258 e. The molecule has 4 aromatic rings. The highest BCUT2D eigenvalue weighted by atomic mass is 32.2. The molecule has 11 heteroatoms. The van der Waals surface area contributed by atoms with Crippen molar-refractivity contribution in [3.63, 3.8) is 0 Å². The van der Waals surface area contributed by atoms with Crippen molar-refractivity contribution in [2.24, 2.45) is 0 Å². The molecule has 38 heavy (non-hydrogen) atoms. The van der Waals surface area contributed by atoms with Crippen LogP contribution in [0.15, 0.2) is 70.8 Å². The van der Waals surface area contributed by atoms with Gasteiger partial charge in [-0.15, -0.1) is 0 Å². The largest absolute Gasteiger partial charge is 0.394 e. The van der Waals surface area contributed by atoms with Gasteiger partial charge in [0.15, 0.2) is 11.9 Å². The summed E-state index contributed by atoms with van der Waals surface area (Å²) in [6, 6.07) is 16.9. The molecule has 1 aliphatic heterocycles. The molecule has 1 saturated heterocycles. The van der Waals surface area contributed by atoms with E-state index >= 15 is 0 Å². The van der Waals surface area contributed by atoms with Crippen LogP contribution in [0.2, 0.25) is 0 Å². The van der Waals surface area contributed by atoms with Crippen LogP contribution >= 0.6 is 11.8 Å². The van der Waals surface area contributed by atoms with Crippen LogP contribution in [0.3, 0.4) is 0 Å². The third-order valence-corrected chi connectivity index (χ3v) is 7.36. The summed E-state index contributed by atoms with van der Waals surface area (Å²) in [4.78, 5) is 27.5. The van der Waals surface area contributed by atoms with Gasteiger partial charge in [0.1, 0.15) is 28.9 Å². The number of aliphatic hydroxyl groups excluding tert-OH is 3. The lowest BCUT2D eigenvalue weighted by Gasteiger charge is -2.19. The molecule has 2 aromatic carbocycles. The van der Waals surface area contributed by atoms with E-state index in [-0.39, 0.29) is 17.3 Å². The first-order chi connectivity index (χ1) is 18.2. The Kier molecular flexibility index (Phi) is 7.21. The molecule has 198 valence electrons. The molecule has 0 bridgehead atoms. The zero-order valence-electron chi connectivity index (χ0n) is 21.1. The normalized spacial score (nSPS) is 21.6. The summed E-state index contributed by atoms with van der Waals surface area (Å²) in [7, 11) is 0. The van der Waals surface area contributed by atoms with Gasteiger partial charge in [0.2, 0.25) is 5.95 Å². The molecular formula is C27H29N5O5S. The molecule has 4 atom stereocenters. The van der Waals surface area contributed by atoms with Gasteiger partial charge in [-0.05, 0) is 35.2 Å². The van der Waals surface area contributed by atoms with Crippen molar-refractivity contribution < 1.29 is 24.9 Å². The van der Waals surface area contributed by atoms with E-state index in [4.69, 9.17) is 4.74 Å². The van der Waals surface area contributed by atoms with Gasteiger partial charge in [0.25, 0.3) is 5.91 Å². The minimum atomic E-state index is -1.32. The van der Waals surface area contributed by atoms with Crippen LogP contribution in [0.4, 0.5) is 5.95 Å². The van der Waals surface area contributed by atoms with Crippen LogP contribution < -0.4 is 5.32 Å². The number of rotatable bonds is 6. The molecule has 0 unspecified atom stereocenters. The van der Waals surface area contributed by atoms with Crippen molar-refractivity contribution in [1.29, 1.82) is 0 Å². The zero-order valence-corrected chi connectivity index (χ0v) is 22.0. The van der Waals surface area contributed by atoms with Crippen LogP contribution in [0.25, 0.3) is 11.2 Å². The van der Waals surface area contributed by atoms with Crippen LogP contribution in [0.1, 0.15) is 42.9 Å². The van der Waals surface area contributed by atoms with Gasteiger partial charge < -0.3 is 20.1 Å². The number of hydrogen-bond donors (Lipinski definition) is 4. The minimum Gasteiger partial charge on any atom is -0.394 e. The maximum atomic E-state index is 13.1. The Labute approximate surface area is 223 Å². The monoisotopic (exact) mass is 535 g/mol. The lowest BCUT2D eigenvalue weighted by atomic mass is 9.87. The lowest BCUT2D eigenvalue weighted by Crippen LogP contribution is -2.33. The maximum absolute atomic E-state index is 13.1. The van der Waals surface area contributed by atoms with E-state index in [1.807, 2.05) is 42.5 Å². The SMILES string of the molecule is CC(C)(C)c1ccc(C(=O)Nc2nc(Sc3ccccc3)c3ncn([C@@H]4O[C@H](CO)[C@@H](O)[C@H]4O)c3n2)cc1. The fourth-order valence-electron chi connectivity index (χ4n) is 4.21. The van der Waals surface area contributed by atoms with E-state index in [9.17, 15) is 20.1 Å². The van der Waals surface area contributed by atoms with Crippen LogP contribution in [-0.4, -0.2) is 65.7 Å². The van der Waals surface area contributed by atoms with Crippen molar-refractivity contribution in [1.82, 2.24) is 19.5 Å². The van der Waals surface area contributed by atoms with E-state index in [0.717, 1.165) is 10.5 Å². The Hall–Kier alpha value is -3.35. The number of carbonyl (C=O) groups is 1. The predicted molar refractivity (Wildman–Crippen MR) is 142 cm³/mol. The van der Waals surface area contributed by atoms with Crippen molar-refractivity contribution in [3.8, 4) is 0 Å². The van der Waals surface area contributed by atoms with Crippen LogP contribution in [0.5, 0.6) is 0 Å². The summed E-state index contributed by atoms with van der Waals surface area (Å²) >= 11 is 1.35. The number of nitrogens with zero attached hydrogens (tertiary/aromatic N) is 4. The van der Waals surface area contributed by atoms with Crippen molar-refractivity contribution in [2.45, 2.75) is 60.6 Å². The van der Waals surface area contributed by atoms with Crippen molar-refractivity contribution in [2.75, 3.05) is 11.9 Å². The first kappa shape index (κ1) is 26.3. The molecule has 10 nitrogen and oxygen atoms in total. The van der Waals surface area contributed by atoms with Gasteiger partial charge in [-0.1, -0.05) is 62.9 Å². The summed E-state index contributed by atoms with van der Waals surface area (Å²) in [6.45, 7) is 5.85. The first-order valence-corrected chi connectivity index (χ1v) is 13.0. The minimum absolute atomic E-state index is 0.0411. The molecule has 3 heterocycles. The molecule has 0 radical (unpaired) electrons. The number of ether oxygens (including phenoxy) is 1. The Morgan fingerprint density at radius 3 is 2.39 bits per heavy atom. The average molecular weight is 536 g/mol. The summed E-state index contributed by atoms with van der Waals surface area (Å²) in [5.41, 5.74) is 2.25. The third kappa shape index (κ3) is 5.16. The topological polar surface area (TPSA) is 143 Å². The number of imidazole rings is 1.